The fourth-order valence-corrected chi connectivity index (χ4v) is 3.80. The molecule has 2 N–H and O–H groups in total. The van der Waals surface area contributed by atoms with E-state index in [1.807, 2.05) is 0 Å². The molecule has 0 saturated heterocycles. The van der Waals surface area contributed by atoms with Crippen LogP contribution in [-0.2, 0) is 19.6 Å². The summed E-state index contributed by atoms with van der Waals surface area (Å²) >= 11 is 0. The molecule has 0 spiro atoms. The van der Waals surface area contributed by atoms with E-state index in [-0.39, 0.29) is 5.91 Å². The van der Waals surface area contributed by atoms with Crippen LogP contribution in [0.3, 0.4) is 0 Å². The smallest absolute Gasteiger partial charge is 0.247 e. The Morgan fingerprint density at radius 2 is 1.46 bits per heavy atom. The van der Waals surface area contributed by atoms with Crippen LogP contribution in [0.4, 0.5) is 17.1 Å². The van der Waals surface area contributed by atoms with E-state index >= 15 is 0 Å². The van der Waals surface area contributed by atoms with Gasteiger partial charge in [-0.05, 0) is 55.5 Å². The van der Waals surface area contributed by atoms with Crippen LogP contribution in [0, 0.1) is 0 Å². The molecule has 2 amide bonds. The molecule has 1 atom stereocenters. The molecule has 0 bridgehead atoms. The fraction of sp³-hybridized carbons (Fsp3) is 0.263. The molecule has 8 nitrogen and oxygen atoms in total. The van der Waals surface area contributed by atoms with Crippen LogP contribution in [0.5, 0.6) is 5.75 Å². The Hall–Kier alpha value is -3.07. The number of methoxy groups -OCH3 is 1. The van der Waals surface area contributed by atoms with E-state index in [0.717, 1.165) is 10.6 Å². The van der Waals surface area contributed by atoms with Gasteiger partial charge in [-0.3, -0.25) is 13.9 Å². The lowest BCUT2D eigenvalue weighted by molar-refractivity contribution is -0.117. The van der Waals surface area contributed by atoms with Crippen molar-refractivity contribution in [3.63, 3.8) is 0 Å². The highest BCUT2D eigenvalue weighted by Gasteiger charge is 2.29. The highest BCUT2D eigenvalue weighted by Crippen LogP contribution is 2.24. The van der Waals surface area contributed by atoms with E-state index in [9.17, 15) is 18.0 Å². The summed E-state index contributed by atoms with van der Waals surface area (Å²) in [5.41, 5.74) is 1.43. The Balaban J connectivity index is 2.20. The summed E-state index contributed by atoms with van der Waals surface area (Å²) in [6.07, 6.45) is 1.04. The third kappa shape index (κ3) is 5.46. The number of anilines is 3. The standard InChI is InChI=1S/C19H23N3O5S/c1-13(19(24)21-16-7-5-15(6-8-16)20-14(2)23)22(28(4,25)26)17-9-11-18(27-3)12-10-17/h5-13H,1-4H3,(H,20,23)(H,21,24). The van der Waals surface area contributed by atoms with Crippen LogP contribution in [-0.4, -0.2) is 39.6 Å². The van der Waals surface area contributed by atoms with Crippen LogP contribution in [0.25, 0.3) is 0 Å². The average molecular weight is 405 g/mol. The summed E-state index contributed by atoms with van der Waals surface area (Å²) in [5, 5.41) is 5.31. The zero-order chi connectivity index (χ0) is 20.9. The number of amides is 2. The number of benzene rings is 2. The van der Waals surface area contributed by atoms with Gasteiger partial charge in [0.1, 0.15) is 11.8 Å². The van der Waals surface area contributed by atoms with Gasteiger partial charge in [0.15, 0.2) is 0 Å². The van der Waals surface area contributed by atoms with Crippen molar-refractivity contribution < 1.29 is 22.7 Å². The Kier molecular flexibility index (Phi) is 6.63. The lowest BCUT2D eigenvalue weighted by Gasteiger charge is -2.28. The molecule has 0 saturated carbocycles. The predicted molar refractivity (Wildman–Crippen MR) is 109 cm³/mol. The van der Waals surface area contributed by atoms with Gasteiger partial charge in [0, 0.05) is 18.3 Å². The summed E-state index contributed by atoms with van der Waals surface area (Å²) in [7, 11) is -2.20. The highest BCUT2D eigenvalue weighted by atomic mass is 32.2. The Labute approximate surface area is 164 Å². The van der Waals surface area contributed by atoms with Gasteiger partial charge in [0.25, 0.3) is 0 Å². The summed E-state index contributed by atoms with van der Waals surface area (Å²) in [5.74, 6) is -0.115. The number of nitrogens with zero attached hydrogens (tertiary/aromatic N) is 1. The van der Waals surface area contributed by atoms with E-state index in [0.29, 0.717) is 22.8 Å². The largest absolute Gasteiger partial charge is 0.497 e. The second-order valence-corrected chi connectivity index (χ2v) is 8.04. The van der Waals surface area contributed by atoms with E-state index in [1.54, 1.807) is 48.5 Å². The number of ether oxygens (including phenoxy) is 1. The first-order chi connectivity index (χ1) is 13.1. The lowest BCUT2D eigenvalue weighted by Crippen LogP contribution is -2.45. The number of hydrogen-bond acceptors (Lipinski definition) is 5. The van der Waals surface area contributed by atoms with Gasteiger partial charge in [0.05, 0.1) is 19.1 Å². The number of carbonyl (C=O) groups excluding carboxylic acids is 2. The maximum atomic E-state index is 12.6. The zero-order valence-corrected chi connectivity index (χ0v) is 16.9. The predicted octanol–water partition coefficient (Wildman–Crippen LogP) is 2.45. The molecule has 2 aromatic carbocycles. The number of rotatable bonds is 7. The molecular weight excluding hydrogens is 382 g/mol. The van der Waals surface area contributed by atoms with Gasteiger partial charge in [-0.2, -0.15) is 0 Å². The monoisotopic (exact) mass is 405 g/mol. The first kappa shape index (κ1) is 21.2. The van der Waals surface area contributed by atoms with Crippen molar-refractivity contribution in [2.24, 2.45) is 0 Å². The van der Waals surface area contributed by atoms with E-state index in [4.69, 9.17) is 4.74 Å². The van der Waals surface area contributed by atoms with E-state index < -0.39 is 22.0 Å². The summed E-state index contributed by atoms with van der Waals surface area (Å²) in [4.78, 5) is 23.7. The van der Waals surface area contributed by atoms with Crippen LogP contribution in [0.15, 0.2) is 48.5 Å². The first-order valence-electron chi connectivity index (χ1n) is 8.44. The van der Waals surface area contributed by atoms with E-state index in [1.165, 1.54) is 21.0 Å². The number of carbonyl (C=O) groups is 2. The maximum absolute atomic E-state index is 12.6. The third-order valence-corrected chi connectivity index (χ3v) is 5.13. The van der Waals surface area contributed by atoms with Gasteiger partial charge < -0.3 is 15.4 Å². The summed E-state index contributed by atoms with van der Waals surface area (Å²) < 4.78 is 30.7. The van der Waals surface area contributed by atoms with Crippen molar-refractivity contribution in [1.82, 2.24) is 0 Å². The topological polar surface area (TPSA) is 105 Å². The molecule has 0 radical (unpaired) electrons. The minimum Gasteiger partial charge on any atom is -0.497 e. The Bertz CT molecular complexity index is 941. The second-order valence-electron chi connectivity index (χ2n) is 6.18. The van der Waals surface area contributed by atoms with Crippen LogP contribution in [0.2, 0.25) is 0 Å². The van der Waals surface area contributed by atoms with Crippen molar-refractivity contribution in [3.05, 3.63) is 48.5 Å². The third-order valence-electron chi connectivity index (χ3n) is 3.89. The van der Waals surface area contributed by atoms with Crippen LogP contribution < -0.4 is 19.7 Å². The molecular formula is C19H23N3O5S. The number of sulfonamides is 1. The average Bonchev–Trinajstić information content (AvgIpc) is 2.62. The van der Waals surface area contributed by atoms with Gasteiger partial charge in [-0.1, -0.05) is 0 Å². The molecule has 0 aliphatic heterocycles. The second kappa shape index (κ2) is 8.75. The maximum Gasteiger partial charge on any atom is 0.247 e. The van der Waals surface area contributed by atoms with Crippen LogP contribution >= 0.6 is 0 Å². The lowest BCUT2D eigenvalue weighted by atomic mass is 10.2. The molecule has 2 rings (SSSR count). The minimum absolute atomic E-state index is 0.200. The minimum atomic E-state index is -3.71. The van der Waals surface area contributed by atoms with Crippen molar-refractivity contribution in [2.75, 3.05) is 28.3 Å². The SMILES string of the molecule is COc1ccc(N(C(C)C(=O)Nc2ccc(NC(C)=O)cc2)S(C)(=O)=O)cc1. The molecule has 1 unspecified atom stereocenters. The normalized spacial score (nSPS) is 12.0. The van der Waals surface area contributed by atoms with Crippen LogP contribution in [0.1, 0.15) is 13.8 Å². The highest BCUT2D eigenvalue weighted by molar-refractivity contribution is 7.92. The Morgan fingerprint density at radius 1 is 0.964 bits per heavy atom. The fourth-order valence-electron chi connectivity index (χ4n) is 2.62. The van der Waals surface area contributed by atoms with Crippen molar-refractivity contribution in [1.29, 1.82) is 0 Å². The molecule has 0 aliphatic rings. The molecule has 9 heteroatoms. The van der Waals surface area contributed by atoms with Crippen molar-refractivity contribution >= 4 is 38.9 Å². The van der Waals surface area contributed by atoms with Gasteiger partial charge >= 0.3 is 0 Å². The molecule has 0 fully saturated rings. The van der Waals surface area contributed by atoms with Gasteiger partial charge in [-0.15, -0.1) is 0 Å². The van der Waals surface area contributed by atoms with E-state index in [2.05, 4.69) is 10.6 Å². The summed E-state index contributed by atoms with van der Waals surface area (Å²) in [6, 6.07) is 11.9. The zero-order valence-electron chi connectivity index (χ0n) is 16.1. The quantitative estimate of drug-likeness (QED) is 0.736. The number of nitrogens with one attached hydrogen (secondary N) is 2. The molecule has 150 valence electrons. The molecule has 0 heterocycles. The molecule has 2 aromatic rings. The number of hydrogen-bond donors (Lipinski definition) is 2. The molecule has 0 aliphatic carbocycles. The first-order valence-corrected chi connectivity index (χ1v) is 10.3. The van der Waals surface area contributed by atoms with Gasteiger partial charge in [0.2, 0.25) is 21.8 Å². The van der Waals surface area contributed by atoms with Gasteiger partial charge in [-0.25, -0.2) is 8.42 Å². The molecule has 28 heavy (non-hydrogen) atoms. The summed E-state index contributed by atoms with van der Waals surface area (Å²) in [6.45, 7) is 2.91. The van der Waals surface area contributed by atoms with Crippen molar-refractivity contribution in [3.8, 4) is 5.75 Å². The van der Waals surface area contributed by atoms with Crippen molar-refractivity contribution in [2.45, 2.75) is 19.9 Å². The Morgan fingerprint density at radius 3 is 1.89 bits per heavy atom. The molecule has 0 aromatic heterocycles.